The molecule has 0 saturated heterocycles. The van der Waals surface area contributed by atoms with Gasteiger partial charge in [0.1, 0.15) is 22.9 Å². The Morgan fingerprint density at radius 3 is 1.52 bits per heavy atom. The quantitative estimate of drug-likeness (QED) is 0.731. The lowest BCUT2D eigenvalue weighted by Crippen LogP contribution is -2.26. The second-order valence-corrected chi connectivity index (χ2v) is 6.83. The highest BCUT2D eigenvalue weighted by Crippen LogP contribution is 2.28. The summed E-state index contributed by atoms with van der Waals surface area (Å²) >= 11 is 0. The largest absolute Gasteiger partial charge is 0.382 e. The SMILES string of the molecule is Cn1ccnc1C(C)(O)CCCCCC(C)(O)c1nccn1C. The van der Waals surface area contributed by atoms with E-state index in [9.17, 15) is 10.2 Å². The van der Waals surface area contributed by atoms with Crippen molar-refractivity contribution in [2.75, 3.05) is 0 Å². The van der Waals surface area contributed by atoms with E-state index in [4.69, 9.17) is 0 Å². The summed E-state index contributed by atoms with van der Waals surface area (Å²) in [5.74, 6) is 1.38. The Morgan fingerprint density at radius 1 is 0.826 bits per heavy atom. The second kappa shape index (κ2) is 6.84. The Labute approximate surface area is 137 Å². The molecule has 0 saturated carbocycles. The van der Waals surface area contributed by atoms with E-state index in [0.29, 0.717) is 24.5 Å². The Bertz CT molecular complexity index is 574. The van der Waals surface area contributed by atoms with Gasteiger partial charge >= 0.3 is 0 Å². The Hall–Kier alpha value is -1.66. The van der Waals surface area contributed by atoms with E-state index >= 15 is 0 Å². The number of aromatic nitrogens is 4. The number of imidazole rings is 2. The van der Waals surface area contributed by atoms with Gasteiger partial charge in [-0.2, -0.15) is 0 Å². The van der Waals surface area contributed by atoms with Crippen LogP contribution < -0.4 is 0 Å². The molecule has 0 aromatic carbocycles. The van der Waals surface area contributed by atoms with Gasteiger partial charge in [0.15, 0.2) is 0 Å². The molecule has 2 unspecified atom stereocenters. The van der Waals surface area contributed by atoms with Crippen LogP contribution in [0.2, 0.25) is 0 Å². The van der Waals surface area contributed by atoms with Gasteiger partial charge in [-0.05, 0) is 26.7 Å². The molecule has 0 aliphatic heterocycles. The van der Waals surface area contributed by atoms with Crippen molar-refractivity contribution in [1.82, 2.24) is 19.1 Å². The molecule has 2 atom stereocenters. The van der Waals surface area contributed by atoms with E-state index in [1.54, 1.807) is 26.2 Å². The van der Waals surface area contributed by atoms with Crippen LogP contribution in [0.5, 0.6) is 0 Å². The van der Waals surface area contributed by atoms with E-state index in [0.717, 1.165) is 19.3 Å². The van der Waals surface area contributed by atoms with Gasteiger partial charge in [0, 0.05) is 38.9 Å². The lowest BCUT2D eigenvalue weighted by atomic mass is 9.93. The normalized spacial score (nSPS) is 17.0. The number of hydrogen-bond donors (Lipinski definition) is 2. The zero-order chi connectivity index (χ0) is 17.1. The van der Waals surface area contributed by atoms with E-state index < -0.39 is 11.2 Å². The molecule has 6 heteroatoms. The Morgan fingerprint density at radius 2 is 1.22 bits per heavy atom. The number of aryl methyl sites for hydroxylation is 2. The second-order valence-electron chi connectivity index (χ2n) is 6.83. The van der Waals surface area contributed by atoms with E-state index in [-0.39, 0.29) is 0 Å². The molecule has 0 fully saturated rings. The molecule has 6 nitrogen and oxygen atoms in total. The maximum Gasteiger partial charge on any atom is 0.140 e. The van der Waals surface area contributed by atoms with Gasteiger partial charge in [0.25, 0.3) is 0 Å². The summed E-state index contributed by atoms with van der Waals surface area (Å²) in [5.41, 5.74) is -1.83. The minimum Gasteiger partial charge on any atom is -0.382 e. The van der Waals surface area contributed by atoms with E-state index in [2.05, 4.69) is 9.97 Å². The maximum atomic E-state index is 10.6. The lowest BCUT2D eigenvalue weighted by Gasteiger charge is -2.24. The highest BCUT2D eigenvalue weighted by molar-refractivity contribution is 5.03. The van der Waals surface area contributed by atoms with Crippen molar-refractivity contribution < 1.29 is 10.2 Å². The predicted octanol–water partition coefficient (Wildman–Crippen LogP) is 2.22. The molecule has 0 aliphatic rings. The van der Waals surface area contributed by atoms with E-state index in [1.165, 1.54) is 0 Å². The van der Waals surface area contributed by atoms with Crippen LogP contribution in [0.15, 0.2) is 24.8 Å². The van der Waals surface area contributed by atoms with Crippen LogP contribution in [-0.2, 0) is 25.3 Å². The van der Waals surface area contributed by atoms with Crippen molar-refractivity contribution in [3.63, 3.8) is 0 Å². The predicted molar refractivity (Wildman–Crippen MR) is 88.6 cm³/mol. The van der Waals surface area contributed by atoms with Gasteiger partial charge in [-0.3, -0.25) is 0 Å². The molecule has 2 rings (SSSR count). The molecule has 0 radical (unpaired) electrons. The van der Waals surface area contributed by atoms with Gasteiger partial charge in [-0.25, -0.2) is 9.97 Å². The highest BCUT2D eigenvalue weighted by Gasteiger charge is 2.28. The highest BCUT2D eigenvalue weighted by atomic mass is 16.3. The average Bonchev–Trinajstić information content (AvgIpc) is 3.07. The van der Waals surface area contributed by atoms with Crippen molar-refractivity contribution in [3.8, 4) is 0 Å². The standard InChI is InChI=1S/C17H28N4O2/c1-16(22,14-18-10-12-20(14)3)8-6-5-7-9-17(2,23)15-19-11-13-21(15)4/h10-13,22-23H,5-9H2,1-4H3. The zero-order valence-electron chi connectivity index (χ0n) is 14.5. The summed E-state index contributed by atoms with van der Waals surface area (Å²) in [6, 6.07) is 0. The molecular formula is C17H28N4O2. The summed E-state index contributed by atoms with van der Waals surface area (Å²) in [6.07, 6.45) is 11.1. The third kappa shape index (κ3) is 4.20. The van der Waals surface area contributed by atoms with Gasteiger partial charge < -0.3 is 19.3 Å². The Balaban J connectivity index is 1.78. The molecule has 0 aliphatic carbocycles. The van der Waals surface area contributed by atoms with Crippen molar-refractivity contribution in [1.29, 1.82) is 0 Å². The molecule has 23 heavy (non-hydrogen) atoms. The fraction of sp³-hybridized carbons (Fsp3) is 0.647. The first-order chi connectivity index (χ1) is 10.7. The first-order valence-electron chi connectivity index (χ1n) is 8.14. The van der Waals surface area contributed by atoms with Crippen LogP contribution in [0, 0.1) is 0 Å². The molecule has 2 aromatic heterocycles. The molecule has 128 valence electrons. The minimum atomic E-state index is -0.916. The topological polar surface area (TPSA) is 76.1 Å². The van der Waals surface area contributed by atoms with Crippen LogP contribution >= 0.6 is 0 Å². The molecular weight excluding hydrogens is 292 g/mol. The molecule has 2 N–H and O–H groups in total. The molecule has 0 bridgehead atoms. The molecule has 2 aromatic rings. The van der Waals surface area contributed by atoms with Crippen molar-refractivity contribution in [2.45, 2.75) is 57.2 Å². The van der Waals surface area contributed by atoms with Crippen molar-refractivity contribution in [2.24, 2.45) is 14.1 Å². The third-order valence-electron chi connectivity index (χ3n) is 4.43. The third-order valence-corrected chi connectivity index (χ3v) is 4.43. The number of aliphatic hydroxyl groups is 2. The first-order valence-corrected chi connectivity index (χ1v) is 8.14. The number of rotatable bonds is 8. The van der Waals surface area contributed by atoms with Crippen LogP contribution in [0.3, 0.4) is 0 Å². The number of nitrogens with zero attached hydrogens (tertiary/aromatic N) is 4. The van der Waals surface area contributed by atoms with Crippen LogP contribution in [0.25, 0.3) is 0 Å². The first kappa shape index (κ1) is 17.7. The van der Waals surface area contributed by atoms with Gasteiger partial charge in [0.2, 0.25) is 0 Å². The smallest absolute Gasteiger partial charge is 0.140 e. The zero-order valence-corrected chi connectivity index (χ0v) is 14.5. The van der Waals surface area contributed by atoms with Crippen LogP contribution in [0.1, 0.15) is 57.6 Å². The van der Waals surface area contributed by atoms with E-state index in [1.807, 2.05) is 35.6 Å². The Kier molecular flexibility index (Phi) is 5.26. The van der Waals surface area contributed by atoms with Crippen LogP contribution in [0.4, 0.5) is 0 Å². The average molecular weight is 320 g/mol. The molecule has 0 spiro atoms. The maximum absolute atomic E-state index is 10.6. The summed E-state index contributed by atoms with van der Waals surface area (Å²) in [7, 11) is 3.78. The lowest BCUT2D eigenvalue weighted by molar-refractivity contribution is 0.0260. The fourth-order valence-corrected chi connectivity index (χ4v) is 3.11. The summed E-state index contributed by atoms with van der Waals surface area (Å²) < 4.78 is 3.71. The molecule has 2 heterocycles. The van der Waals surface area contributed by atoms with Crippen molar-refractivity contribution in [3.05, 3.63) is 36.4 Å². The monoisotopic (exact) mass is 320 g/mol. The van der Waals surface area contributed by atoms with Crippen LogP contribution in [-0.4, -0.2) is 29.3 Å². The summed E-state index contributed by atoms with van der Waals surface area (Å²) in [4.78, 5) is 8.46. The van der Waals surface area contributed by atoms with Gasteiger partial charge in [0.05, 0.1) is 0 Å². The fourth-order valence-electron chi connectivity index (χ4n) is 3.11. The van der Waals surface area contributed by atoms with Gasteiger partial charge in [-0.1, -0.05) is 19.3 Å². The summed E-state index contributed by atoms with van der Waals surface area (Å²) in [6.45, 7) is 3.61. The van der Waals surface area contributed by atoms with Crippen molar-refractivity contribution >= 4 is 0 Å². The minimum absolute atomic E-state index is 0.655. The summed E-state index contributed by atoms with van der Waals surface area (Å²) in [5, 5.41) is 21.1. The van der Waals surface area contributed by atoms with Gasteiger partial charge in [-0.15, -0.1) is 0 Å². The molecule has 0 amide bonds. The number of unbranched alkanes of at least 4 members (excludes halogenated alkanes) is 2. The number of hydrogen-bond acceptors (Lipinski definition) is 4.